The average molecular weight is 309 g/mol. The summed E-state index contributed by atoms with van der Waals surface area (Å²) >= 11 is 3.35. The molecule has 0 bridgehead atoms. The van der Waals surface area contributed by atoms with Gasteiger partial charge in [-0.05, 0) is 35.9 Å². The fraction of sp³-hybridized carbons (Fsp3) is 0.0714. The summed E-state index contributed by atoms with van der Waals surface area (Å²) in [5.41, 5.74) is 1.23. The Labute approximate surface area is 113 Å². The Kier molecular flexibility index (Phi) is 4.10. The molecule has 0 aliphatic carbocycles. The third-order valence-corrected chi connectivity index (χ3v) is 2.87. The van der Waals surface area contributed by atoms with Crippen LogP contribution in [0.25, 0.3) is 0 Å². The maximum Gasteiger partial charge on any atom is 0.165 e. The normalized spacial score (nSPS) is 10.1. The van der Waals surface area contributed by atoms with E-state index in [9.17, 15) is 9.18 Å². The number of halogens is 2. The maximum atomic E-state index is 13.5. The summed E-state index contributed by atoms with van der Waals surface area (Å²) in [6, 6.07) is 11.7. The van der Waals surface area contributed by atoms with Crippen molar-refractivity contribution in [1.29, 1.82) is 0 Å². The van der Waals surface area contributed by atoms with Crippen LogP contribution in [0.3, 0.4) is 0 Å². The van der Waals surface area contributed by atoms with Crippen LogP contribution in [-0.2, 0) is 6.61 Å². The minimum absolute atomic E-state index is 0.139. The lowest BCUT2D eigenvalue weighted by Gasteiger charge is -2.07. The molecule has 0 aliphatic rings. The Morgan fingerprint density at radius 1 is 1.22 bits per heavy atom. The van der Waals surface area contributed by atoms with Crippen LogP contribution in [-0.4, -0.2) is 6.29 Å². The molecule has 0 fully saturated rings. The van der Waals surface area contributed by atoms with E-state index in [1.807, 2.05) is 24.3 Å². The van der Waals surface area contributed by atoms with Crippen LogP contribution in [0.15, 0.2) is 46.9 Å². The van der Waals surface area contributed by atoms with Gasteiger partial charge in [0, 0.05) is 10.0 Å². The van der Waals surface area contributed by atoms with Crippen LogP contribution in [0.5, 0.6) is 5.75 Å². The number of carbonyl (C=O) groups excluding carboxylic acids is 1. The first-order valence-electron chi connectivity index (χ1n) is 5.31. The predicted octanol–water partition coefficient (Wildman–Crippen LogP) is 3.98. The Morgan fingerprint density at radius 3 is 2.72 bits per heavy atom. The second kappa shape index (κ2) is 5.78. The second-order valence-corrected chi connectivity index (χ2v) is 4.64. The molecule has 2 aromatic rings. The van der Waals surface area contributed by atoms with Gasteiger partial charge in [-0.25, -0.2) is 4.39 Å². The highest BCUT2D eigenvalue weighted by atomic mass is 79.9. The van der Waals surface area contributed by atoms with Crippen molar-refractivity contribution < 1.29 is 13.9 Å². The van der Waals surface area contributed by atoms with Gasteiger partial charge in [0.15, 0.2) is 11.6 Å². The van der Waals surface area contributed by atoms with Gasteiger partial charge in [-0.2, -0.15) is 0 Å². The summed E-state index contributed by atoms with van der Waals surface area (Å²) in [6.07, 6.45) is 0.598. The SMILES string of the molecule is O=Cc1ccc(OCc2cccc(Br)c2)c(F)c1. The average Bonchev–Trinajstić information content (AvgIpc) is 2.37. The lowest BCUT2D eigenvalue weighted by atomic mass is 10.2. The molecular weight excluding hydrogens is 299 g/mol. The summed E-state index contributed by atoms with van der Waals surface area (Å²) in [7, 11) is 0. The second-order valence-electron chi connectivity index (χ2n) is 3.73. The molecule has 0 aliphatic heterocycles. The van der Waals surface area contributed by atoms with Crippen molar-refractivity contribution in [3.8, 4) is 5.75 Å². The summed E-state index contributed by atoms with van der Waals surface area (Å²) in [5.74, 6) is -0.393. The lowest BCUT2D eigenvalue weighted by Crippen LogP contribution is -1.98. The molecule has 0 amide bonds. The largest absolute Gasteiger partial charge is 0.486 e. The standard InChI is InChI=1S/C14H10BrFO2/c15-12-3-1-2-11(6-12)9-18-14-5-4-10(8-17)7-13(14)16/h1-8H,9H2. The van der Waals surface area contributed by atoms with E-state index in [2.05, 4.69) is 15.9 Å². The topological polar surface area (TPSA) is 26.3 Å². The molecule has 2 rings (SSSR count). The van der Waals surface area contributed by atoms with Gasteiger partial charge in [-0.1, -0.05) is 28.1 Å². The molecule has 0 saturated carbocycles. The molecule has 0 saturated heterocycles. The van der Waals surface area contributed by atoms with E-state index in [4.69, 9.17) is 4.74 Å². The maximum absolute atomic E-state index is 13.5. The molecule has 0 atom stereocenters. The van der Waals surface area contributed by atoms with E-state index in [0.29, 0.717) is 11.8 Å². The molecule has 0 aromatic heterocycles. The van der Waals surface area contributed by atoms with Crippen LogP contribution in [0, 0.1) is 5.82 Å². The number of benzene rings is 2. The third-order valence-electron chi connectivity index (χ3n) is 2.38. The fourth-order valence-corrected chi connectivity index (χ4v) is 1.94. The number of hydrogen-bond donors (Lipinski definition) is 0. The summed E-state index contributed by atoms with van der Waals surface area (Å²) in [5, 5.41) is 0. The van der Waals surface area contributed by atoms with E-state index < -0.39 is 5.82 Å². The minimum atomic E-state index is -0.533. The Balaban J connectivity index is 2.08. The van der Waals surface area contributed by atoms with Crippen molar-refractivity contribution in [3.05, 3.63) is 63.9 Å². The van der Waals surface area contributed by atoms with Crippen LogP contribution in [0.2, 0.25) is 0 Å². The fourth-order valence-electron chi connectivity index (χ4n) is 1.50. The van der Waals surface area contributed by atoms with Gasteiger partial charge >= 0.3 is 0 Å². The van der Waals surface area contributed by atoms with Crippen LogP contribution in [0.4, 0.5) is 4.39 Å². The van der Waals surface area contributed by atoms with E-state index in [0.717, 1.165) is 16.1 Å². The van der Waals surface area contributed by atoms with Gasteiger partial charge in [-0.3, -0.25) is 4.79 Å². The zero-order valence-corrected chi connectivity index (χ0v) is 11.0. The number of ether oxygens (including phenoxy) is 1. The van der Waals surface area contributed by atoms with Crippen molar-refractivity contribution >= 4 is 22.2 Å². The number of aldehydes is 1. The first-order valence-corrected chi connectivity index (χ1v) is 6.10. The molecule has 2 aromatic carbocycles. The van der Waals surface area contributed by atoms with Crippen molar-refractivity contribution in [1.82, 2.24) is 0 Å². The van der Waals surface area contributed by atoms with E-state index >= 15 is 0 Å². The van der Waals surface area contributed by atoms with Crippen molar-refractivity contribution in [2.45, 2.75) is 6.61 Å². The van der Waals surface area contributed by atoms with Crippen LogP contribution >= 0.6 is 15.9 Å². The molecule has 2 nitrogen and oxygen atoms in total. The van der Waals surface area contributed by atoms with Gasteiger partial charge < -0.3 is 4.74 Å². The highest BCUT2D eigenvalue weighted by molar-refractivity contribution is 9.10. The molecule has 92 valence electrons. The quantitative estimate of drug-likeness (QED) is 0.799. The zero-order chi connectivity index (χ0) is 13.0. The van der Waals surface area contributed by atoms with Gasteiger partial charge in [0.25, 0.3) is 0 Å². The first kappa shape index (κ1) is 12.8. The first-order chi connectivity index (χ1) is 8.69. The molecule has 0 heterocycles. The molecule has 0 N–H and O–H groups in total. The van der Waals surface area contributed by atoms with Crippen LogP contribution < -0.4 is 4.74 Å². The summed E-state index contributed by atoms with van der Waals surface area (Å²) in [6.45, 7) is 0.275. The molecular formula is C14H10BrFO2. The third kappa shape index (κ3) is 3.17. The summed E-state index contributed by atoms with van der Waals surface area (Å²) < 4.78 is 19.8. The van der Waals surface area contributed by atoms with Gasteiger partial charge in [0.2, 0.25) is 0 Å². The Bertz CT molecular complexity index is 569. The Hall–Kier alpha value is -1.68. The number of carbonyl (C=O) groups is 1. The van der Waals surface area contributed by atoms with Gasteiger partial charge in [0.1, 0.15) is 12.9 Å². The van der Waals surface area contributed by atoms with E-state index in [-0.39, 0.29) is 12.4 Å². The zero-order valence-electron chi connectivity index (χ0n) is 9.40. The predicted molar refractivity (Wildman–Crippen MR) is 70.3 cm³/mol. The highest BCUT2D eigenvalue weighted by Crippen LogP contribution is 2.20. The summed E-state index contributed by atoms with van der Waals surface area (Å²) in [4.78, 5) is 10.5. The van der Waals surface area contributed by atoms with Crippen molar-refractivity contribution in [2.75, 3.05) is 0 Å². The lowest BCUT2D eigenvalue weighted by molar-refractivity contribution is 0.112. The van der Waals surface area contributed by atoms with Crippen molar-refractivity contribution in [3.63, 3.8) is 0 Å². The van der Waals surface area contributed by atoms with Crippen LogP contribution in [0.1, 0.15) is 15.9 Å². The van der Waals surface area contributed by atoms with E-state index in [1.165, 1.54) is 12.1 Å². The number of hydrogen-bond acceptors (Lipinski definition) is 2. The van der Waals surface area contributed by atoms with Crippen molar-refractivity contribution in [2.24, 2.45) is 0 Å². The smallest absolute Gasteiger partial charge is 0.165 e. The molecule has 4 heteroatoms. The number of rotatable bonds is 4. The molecule has 18 heavy (non-hydrogen) atoms. The molecule has 0 spiro atoms. The van der Waals surface area contributed by atoms with Gasteiger partial charge in [0.05, 0.1) is 0 Å². The highest BCUT2D eigenvalue weighted by Gasteiger charge is 2.05. The monoisotopic (exact) mass is 308 g/mol. The van der Waals surface area contributed by atoms with Gasteiger partial charge in [-0.15, -0.1) is 0 Å². The molecule has 0 radical (unpaired) electrons. The minimum Gasteiger partial charge on any atom is -0.486 e. The Morgan fingerprint density at radius 2 is 2.06 bits per heavy atom. The van der Waals surface area contributed by atoms with E-state index in [1.54, 1.807) is 0 Å². The molecule has 0 unspecified atom stereocenters.